The third-order valence-corrected chi connectivity index (χ3v) is 4.14. The van der Waals surface area contributed by atoms with Gasteiger partial charge in [-0.15, -0.1) is 0 Å². The van der Waals surface area contributed by atoms with Gasteiger partial charge in [0.1, 0.15) is 6.61 Å². The van der Waals surface area contributed by atoms with Gasteiger partial charge < -0.3 is 4.74 Å². The van der Waals surface area contributed by atoms with Crippen molar-refractivity contribution in [1.82, 2.24) is 0 Å². The van der Waals surface area contributed by atoms with Crippen molar-refractivity contribution in [2.45, 2.75) is 54.6 Å². The van der Waals surface area contributed by atoms with Crippen molar-refractivity contribution in [2.75, 3.05) is 0 Å². The molecule has 1 unspecified atom stereocenters. The first-order chi connectivity index (χ1) is 9.17. The van der Waals surface area contributed by atoms with E-state index in [1.54, 1.807) is 0 Å². The summed E-state index contributed by atoms with van der Waals surface area (Å²) < 4.78 is 5.58. The highest BCUT2D eigenvalue weighted by atomic mass is 16.5. The van der Waals surface area contributed by atoms with Crippen LogP contribution in [-0.2, 0) is 16.1 Å². The number of carbonyl (C=O) groups excluding carboxylic acids is 1. The molecule has 0 bridgehead atoms. The van der Waals surface area contributed by atoms with E-state index in [1.807, 2.05) is 37.3 Å². The summed E-state index contributed by atoms with van der Waals surface area (Å²) in [6, 6.07) is 9.83. The zero-order valence-corrected chi connectivity index (χ0v) is 13.7. The molecule has 0 aromatic heterocycles. The highest BCUT2D eigenvalue weighted by Crippen LogP contribution is 2.44. The van der Waals surface area contributed by atoms with E-state index < -0.39 is 5.41 Å². The van der Waals surface area contributed by atoms with E-state index in [9.17, 15) is 4.79 Å². The van der Waals surface area contributed by atoms with Gasteiger partial charge in [-0.05, 0) is 30.2 Å². The Hall–Kier alpha value is -1.31. The molecule has 1 rings (SSSR count). The van der Waals surface area contributed by atoms with Crippen LogP contribution in [0.3, 0.4) is 0 Å². The predicted molar refractivity (Wildman–Crippen MR) is 83.3 cm³/mol. The summed E-state index contributed by atoms with van der Waals surface area (Å²) in [5, 5.41) is 0. The van der Waals surface area contributed by atoms with Crippen LogP contribution in [0.25, 0.3) is 0 Å². The maximum absolute atomic E-state index is 12.6. The Morgan fingerprint density at radius 1 is 1.10 bits per heavy atom. The molecule has 0 saturated heterocycles. The third kappa shape index (κ3) is 4.09. The second-order valence-electron chi connectivity index (χ2n) is 7.24. The predicted octanol–water partition coefficient (Wildman–Crippen LogP) is 4.83. The maximum atomic E-state index is 12.6. The molecule has 0 heterocycles. The Bertz CT molecular complexity index is 428. The quantitative estimate of drug-likeness (QED) is 0.720. The van der Waals surface area contributed by atoms with Crippen LogP contribution in [0.2, 0.25) is 0 Å². The first-order valence-corrected chi connectivity index (χ1v) is 7.38. The number of hydrogen-bond donors (Lipinski definition) is 0. The lowest BCUT2D eigenvalue weighted by Gasteiger charge is -2.40. The fourth-order valence-electron chi connectivity index (χ4n) is 2.39. The molecule has 0 spiro atoms. The average Bonchev–Trinajstić information content (AvgIpc) is 2.35. The number of benzene rings is 1. The highest BCUT2D eigenvalue weighted by Gasteiger charge is 2.45. The average molecular weight is 276 g/mol. The zero-order chi connectivity index (χ0) is 15.4. The molecule has 0 radical (unpaired) electrons. The lowest BCUT2D eigenvalue weighted by atomic mass is 9.64. The molecule has 0 aliphatic rings. The first-order valence-electron chi connectivity index (χ1n) is 7.38. The van der Waals surface area contributed by atoms with E-state index in [0.717, 1.165) is 12.0 Å². The molecule has 0 aliphatic heterocycles. The van der Waals surface area contributed by atoms with Crippen LogP contribution in [0.4, 0.5) is 0 Å². The molecule has 1 aromatic rings. The number of carbonyl (C=O) groups is 1. The molecular formula is C18H28O2. The molecule has 0 amide bonds. The second-order valence-corrected chi connectivity index (χ2v) is 7.24. The highest BCUT2D eigenvalue weighted by molar-refractivity contribution is 5.77. The van der Waals surface area contributed by atoms with E-state index in [-0.39, 0.29) is 11.4 Å². The van der Waals surface area contributed by atoms with Crippen LogP contribution in [-0.4, -0.2) is 5.97 Å². The smallest absolute Gasteiger partial charge is 0.312 e. The summed E-state index contributed by atoms with van der Waals surface area (Å²) in [4.78, 5) is 12.6. The second kappa shape index (κ2) is 6.43. The maximum Gasteiger partial charge on any atom is 0.312 e. The standard InChI is InChI=1S/C18H28O2/c1-14(2)12-18(6,17(3,4)5)16(19)20-13-15-10-8-7-9-11-15/h7-11,14H,12-13H2,1-6H3. The van der Waals surface area contributed by atoms with E-state index in [2.05, 4.69) is 34.6 Å². The molecule has 0 fully saturated rings. The Kier molecular flexibility index (Phi) is 5.38. The number of rotatable bonds is 5. The van der Waals surface area contributed by atoms with Gasteiger partial charge in [0.15, 0.2) is 0 Å². The minimum absolute atomic E-state index is 0.0949. The van der Waals surface area contributed by atoms with Gasteiger partial charge >= 0.3 is 5.97 Å². The van der Waals surface area contributed by atoms with Gasteiger partial charge in [-0.3, -0.25) is 4.79 Å². The molecule has 0 N–H and O–H groups in total. The van der Waals surface area contributed by atoms with Gasteiger partial charge in [-0.1, -0.05) is 65.0 Å². The number of hydrogen-bond acceptors (Lipinski definition) is 2. The van der Waals surface area contributed by atoms with Gasteiger partial charge in [0.05, 0.1) is 5.41 Å². The van der Waals surface area contributed by atoms with Crippen molar-refractivity contribution in [3.63, 3.8) is 0 Å². The lowest BCUT2D eigenvalue weighted by Crippen LogP contribution is -2.42. The monoisotopic (exact) mass is 276 g/mol. The van der Waals surface area contributed by atoms with Crippen LogP contribution >= 0.6 is 0 Å². The van der Waals surface area contributed by atoms with Gasteiger partial charge in [0, 0.05) is 0 Å². The molecule has 1 atom stereocenters. The Morgan fingerprint density at radius 3 is 2.10 bits per heavy atom. The van der Waals surface area contributed by atoms with Crippen LogP contribution in [0.1, 0.15) is 53.5 Å². The SMILES string of the molecule is CC(C)CC(C)(C(=O)OCc1ccccc1)C(C)(C)C. The molecule has 112 valence electrons. The summed E-state index contributed by atoms with van der Waals surface area (Å²) in [6.07, 6.45) is 0.837. The Labute approximate surface area is 123 Å². The van der Waals surface area contributed by atoms with Gasteiger partial charge in [-0.2, -0.15) is 0 Å². The lowest BCUT2D eigenvalue weighted by molar-refractivity contribution is -0.165. The van der Waals surface area contributed by atoms with Crippen LogP contribution in [0.5, 0.6) is 0 Å². The zero-order valence-electron chi connectivity index (χ0n) is 13.7. The normalized spacial score (nSPS) is 14.9. The number of esters is 1. The van der Waals surface area contributed by atoms with Gasteiger partial charge in [-0.25, -0.2) is 0 Å². The summed E-state index contributed by atoms with van der Waals surface area (Å²) in [7, 11) is 0. The minimum Gasteiger partial charge on any atom is -0.460 e. The fraction of sp³-hybridized carbons (Fsp3) is 0.611. The largest absolute Gasteiger partial charge is 0.460 e. The summed E-state index contributed by atoms with van der Waals surface area (Å²) in [6.45, 7) is 13.0. The summed E-state index contributed by atoms with van der Waals surface area (Å²) in [5.41, 5.74) is 0.447. The molecule has 2 heteroatoms. The molecule has 20 heavy (non-hydrogen) atoms. The van der Waals surface area contributed by atoms with Crippen molar-refractivity contribution in [1.29, 1.82) is 0 Å². The van der Waals surface area contributed by atoms with E-state index in [0.29, 0.717) is 12.5 Å². The molecule has 1 aromatic carbocycles. The van der Waals surface area contributed by atoms with Crippen LogP contribution < -0.4 is 0 Å². The fourth-order valence-corrected chi connectivity index (χ4v) is 2.39. The van der Waals surface area contributed by atoms with Crippen molar-refractivity contribution < 1.29 is 9.53 Å². The van der Waals surface area contributed by atoms with E-state index >= 15 is 0 Å². The van der Waals surface area contributed by atoms with Gasteiger partial charge in [0.2, 0.25) is 0 Å². The van der Waals surface area contributed by atoms with E-state index in [4.69, 9.17) is 4.74 Å². The van der Waals surface area contributed by atoms with Gasteiger partial charge in [0.25, 0.3) is 0 Å². The summed E-state index contributed by atoms with van der Waals surface area (Å²) in [5.74, 6) is 0.367. The van der Waals surface area contributed by atoms with Crippen LogP contribution in [0.15, 0.2) is 30.3 Å². The molecular weight excluding hydrogens is 248 g/mol. The van der Waals surface area contributed by atoms with Crippen molar-refractivity contribution in [3.05, 3.63) is 35.9 Å². The molecule has 2 nitrogen and oxygen atoms in total. The summed E-state index contributed by atoms with van der Waals surface area (Å²) >= 11 is 0. The van der Waals surface area contributed by atoms with E-state index in [1.165, 1.54) is 0 Å². The van der Waals surface area contributed by atoms with Crippen molar-refractivity contribution in [2.24, 2.45) is 16.7 Å². The first kappa shape index (κ1) is 16.7. The minimum atomic E-state index is -0.462. The molecule has 0 aliphatic carbocycles. The Balaban J connectivity index is 2.79. The van der Waals surface area contributed by atoms with Crippen molar-refractivity contribution in [3.8, 4) is 0 Å². The third-order valence-electron chi connectivity index (χ3n) is 4.14. The topological polar surface area (TPSA) is 26.3 Å². The van der Waals surface area contributed by atoms with Crippen molar-refractivity contribution >= 4 is 5.97 Å². The Morgan fingerprint density at radius 2 is 1.65 bits per heavy atom. The number of ether oxygens (including phenoxy) is 1. The van der Waals surface area contributed by atoms with Crippen LogP contribution in [0, 0.1) is 16.7 Å². The molecule has 0 saturated carbocycles.